The van der Waals surface area contributed by atoms with E-state index in [2.05, 4.69) is 34.1 Å². The molecule has 0 bridgehead atoms. The Balaban J connectivity index is 1.26. The number of carbonyl (C=O) groups is 4. The summed E-state index contributed by atoms with van der Waals surface area (Å²) >= 11 is 0. The predicted molar refractivity (Wildman–Crippen MR) is 116 cm³/mol. The third-order valence-corrected chi connectivity index (χ3v) is 6.32. The quantitative estimate of drug-likeness (QED) is 0.609. The number of carbonyl (C=O) groups excluding carboxylic acids is 4. The Morgan fingerprint density at radius 1 is 0.875 bits per heavy atom. The van der Waals surface area contributed by atoms with Gasteiger partial charge in [-0.2, -0.15) is 0 Å². The van der Waals surface area contributed by atoms with Crippen LogP contribution in [0.3, 0.4) is 0 Å². The maximum absolute atomic E-state index is 12.9. The number of piperidine rings is 1. The molecule has 1 atom stereocenters. The van der Waals surface area contributed by atoms with Crippen LogP contribution in [0.15, 0.2) is 36.4 Å². The van der Waals surface area contributed by atoms with E-state index in [1.54, 1.807) is 12.1 Å². The van der Waals surface area contributed by atoms with Gasteiger partial charge in [-0.25, -0.2) is 0 Å². The normalized spacial score (nSPS) is 20.2. The second kappa shape index (κ2) is 8.29. The Kier molecular flexibility index (Phi) is 5.32. The van der Waals surface area contributed by atoms with E-state index >= 15 is 0 Å². The summed E-state index contributed by atoms with van der Waals surface area (Å²) in [4.78, 5) is 50.3. The average molecular weight is 432 g/mol. The van der Waals surface area contributed by atoms with E-state index in [-0.39, 0.29) is 18.7 Å². The molecule has 32 heavy (non-hydrogen) atoms. The Hall–Kier alpha value is -3.36. The van der Waals surface area contributed by atoms with Gasteiger partial charge in [0, 0.05) is 26.1 Å². The fraction of sp³-hybridized carbons (Fsp3) is 0.333. The molecule has 3 aliphatic heterocycles. The van der Waals surface area contributed by atoms with Crippen molar-refractivity contribution >= 4 is 23.6 Å². The third-order valence-electron chi connectivity index (χ3n) is 6.32. The number of amides is 4. The topological polar surface area (TPSA) is 108 Å². The molecule has 1 fully saturated rings. The number of nitrogens with zero attached hydrogens (tertiary/aromatic N) is 1. The summed E-state index contributed by atoms with van der Waals surface area (Å²) < 4.78 is 0. The van der Waals surface area contributed by atoms with Crippen LogP contribution in [0.5, 0.6) is 0 Å². The molecule has 0 saturated carbocycles. The van der Waals surface area contributed by atoms with E-state index in [1.165, 1.54) is 16.7 Å². The van der Waals surface area contributed by atoms with Crippen LogP contribution in [0.1, 0.15) is 55.8 Å². The zero-order valence-electron chi connectivity index (χ0n) is 17.6. The van der Waals surface area contributed by atoms with Gasteiger partial charge in [-0.05, 0) is 53.8 Å². The molecule has 0 aliphatic carbocycles. The molecule has 8 heteroatoms. The van der Waals surface area contributed by atoms with Crippen molar-refractivity contribution in [2.24, 2.45) is 0 Å². The van der Waals surface area contributed by atoms with Crippen molar-refractivity contribution in [1.29, 1.82) is 0 Å². The lowest BCUT2D eigenvalue weighted by Gasteiger charge is -2.27. The van der Waals surface area contributed by atoms with Crippen molar-refractivity contribution < 1.29 is 19.2 Å². The molecule has 2 aromatic rings. The molecule has 2 aromatic carbocycles. The van der Waals surface area contributed by atoms with Crippen LogP contribution in [-0.2, 0) is 35.6 Å². The summed E-state index contributed by atoms with van der Waals surface area (Å²) in [7, 11) is 0. The van der Waals surface area contributed by atoms with Crippen molar-refractivity contribution in [3.8, 4) is 0 Å². The molecule has 5 rings (SSSR count). The van der Waals surface area contributed by atoms with Gasteiger partial charge < -0.3 is 10.6 Å². The van der Waals surface area contributed by atoms with Crippen molar-refractivity contribution in [2.45, 2.75) is 44.9 Å². The van der Waals surface area contributed by atoms with E-state index in [0.29, 0.717) is 24.2 Å². The molecule has 164 valence electrons. The van der Waals surface area contributed by atoms with Crippen molar-refractivity contribution in [2.75, 3.05) is 6.54 Å². The minimum absolute atomic E-state index is 0.109. The van der Waals surface area contributed by atoms with Gasteiger partial charge in [0.05, 0.1) is 11.1 Å². The first-order chi connectivity index (χ1) is 15.5. The largest absolute Gasteiger partial charge is 0.312 e. The van der Waals surface area contributed by atoms with E-state index in [4.69, 9.17) is 0 Å². The van der Waals surface area contributed by atoms with Gasteiger partial charge in [0.1, 0.15) is 6.04 Å². The molecule has 1 unspecified atom stereocenters. The highest BCUT2D eigenvalue weighted by Crippen LogP contribution is 2.28. The predicted octanol–water partition coefficient (Wildman–Crippen LogP) is 1.02. The van der Waals surface area contributed by atoms with Crippen LogP contribution in [0, 0.1) is 0 Å². The van der Waals surface area contributed by atoms with Crippen LogP contribution in [-0.4, -0.2) is 41.1 Å². The maximum atomic E-state index is 12.9. The highest BCUT2D eigenvalue weighted by molar-refractivity contribution is 6.23. The van der Waals surface area contributed by atoms with Gasteiger partial charge in [-0.3, -0.25) is 29.4 Å². The third kappa shape index (κ3) is 3.72. The van der Waals surface area contributed by atoms with E-state index in [9.17, 15) is 19.2 Å². The van der Waals surface area contributed by atoms with Crippen LogP contribution in [0.4, 0.5) is 0 Å². The molecule has 0 radical (unpaired) electrons. The SMILES string of the molecule is O=C1CCC(N2C(=O)c3ccc(CNCc4ccc5c(c4)CCNC5)cc3C2=O)C(=O)N1. The fourth-order valence-electron chi connectivity index (χ4n) is 4.62. The molecule has 3 N–H and O–H groups in total. The van der Waals surface area contributed by atoms with E-state index < -0.39 is 23.8 Å². The number of benzene rings is 2. The lowest BCUT2D eigenvalue weighted by Crippen LogP contribution is -2.54. The first kappa shape index (κ1) is 20.5. The van der Waals surface area contributed by atoms with Gasteiger partial charge >= 0.3 is 0 Å². The van der Waals surface area contributed by atoms with Crippen LogP contribution in [0.25, 0.3) is 0 Å². The molecule has 3 aliphatic rings. The summed E-state index contributed by atoms with van der Waals surface area (Å²) in [6.07, 6.45) is 1.30. The number of fused-ring (bicyclic) bond motifs is 2. The monoisotopic (exact) mass is 432 g/mol. The summed E-state index contributed by atoms with van der Waals surface area (Å²) in [5.41, 5.74) is 5.44. The van der Waals surface area contributed by atoms with Crippen LogP contribution < -0.4 is 16.0 Å². The number of hydrogen-bond donors (Lipinski definition) is 3. The van der Waals surface area contributed by atoms with Gasteiger partial charge in [0.25, 0.3) is 11.8 Å². The zero-order chi connectivity index (χ0) is 22.2. The minimum atomic E-state index is -0.944. The average Bonchev–Trinajstić information content (AvgIpc) is 3.03. The van der Waals surface area contributed by atoms with Gasteiger partial charge in [-0.15, -0.1) is 0 Å². The fourth-order valence-corrected chi connectivity index (χ4v) is 4.62. The number of imide groups is 2. The Labute approximate surface area is 185 Å². The second-order valence-electron chi connectivity index (χ2n) is 8.46. The maximum Gasteiger partial charge on any atom is 0.262 e. The summed E-state index contributed by atoms with van der Waals surface area (Å²) in [6.45, 7) is 3.17. The number of nitrogens with one attached hydrogen (secondary N) is 3. The molecule has 4 amide bonds. The standard InChI is InChI=1S/C24H24N4O4/c29-21-6-5-20(22(30)27-21)28-23(31)18-4-2-15(10-19(18)24(28)32)12-26-11-14-1-3-17-13-25-8-7-16(17)9-14/h1-4,9-10,20,25-26H,5-8,11-13H2,(H,27,29,30). The number of rotatable bonds is 5. The Morgan fingerprint density at radius 3 is 2.44 bits per heavy atom. The molecule has 0 aromatic heterocycles. The van der Waals surface area contributed by atoms with Crippen molar-refractivity contribution in [3.63, 3.8) is 0 Å². The smallest absolute Gasteiger partial charge is 0.262 e. The minimum Gasteiger partial charge on any atom is -0.312 e. The highest BCUT2D eigenvalue weighted by atomic mass is 16.2. The van der Waals surface area contributed by atoms with Crippen molar-refractivity contribution in [3.05, 3.63) is 69.8 Å². The lowest BCUT2D eigenvalue weighted by atomic mass is 9.98. The molecule has 8 nitrogen and oxygen atoms in total. The zero-order valence-corrected chi connectivity index (χ0v) is 17.6. The number of hydrogen-bond acceptors (Lipinski definition) is 6. The summed E-state index contributed by atoms with van der Waals surface area (Å²) in [5, 5.41) is 8.98. The first-order valence-corrected chi connectivity index (χ1v) is 10.9. The molecular formula is C24H24N4O4. The summed E-state index contributed by atoms with van der Waals surface area (Å²) in [5.74, 6) is -1.95. The lowest BCUT2D eigenvalue weighted by molar-refractivity contribution is -0.136. The van der Waals surface area contributed by atoms with Gasteiger partial charge in [-0.1, -0.05) is 24.3 Å². The Bertz CT molecular complexity index is 1140. The molecule has 0 spiro atoms. The summed E-state index contributed by atoms with van der Waals surface area (Å²) in [6, 6.07) is 10.8. The van der Waals surface area contributed by atoms with Gasteiger partial charge in [0.15, 0.2) is 0 Å². The Morgan fingerprint density at radius 2 is 1.62 bits per heavy atom. The van der Waals surface area contributed by atoms with Crippen LogP contribution in [0.2, 0.25) is 0 Å². The molecular weight excluding hydrogens is 408 g/mol. The van der Waals surface area contributed by atoms with Crippen molar-refractivity contribution in [1.82, 2.24) is 20.9 Å². The van der Waals surface area contributed by atoms with E-state index in [0.717, 1.165) is 30.0 Å². The highest BCUT2D eigenvalue weighted by Gasteiger charge is 2.44. The van der Waals surface area contributed by atoms with E-state index in [1.807, 2.05) is 6.07 Å². The van der Waals surface area contributed by atoms with Crippen LogP contribution >= 0.6 is 0 Å². The van der Waals surface area contributed by atoms with Gasteiger partial charge in [0.2, 0.25) is 11.8 Å². The molecule has 1 saturated heterocycles. The first-order valence-electron chi connectivity index (χ1n) is 10.9. The second-order valence-corrected chi connectivity index (χ2v) is 8.46. The molecule has 3 heterocycles.